The molecule has 0 spiro atoms. The second-order valence-corrected chi connectivity index (χ2v) is 3.16. The van der Waals surface area contributed by atoms with Crippen LogP contribution >= 0.6 is 0 Å². The van der Waals surface area contributed by atoms with Crippen LogP contribution in [0.3, 0.4) is 0 Å². The number of aromatic nitrogens is 1. The van der Waals surface area contributed by atoms with Crippen molar-refractivity contribution in [3.63, 3.8) is 0 Å². The van der Waals surface area contributed by atoms with Crippen LogP contribution in [0.2, 0.25) is 0 Å². The Morgan fingerprint density at radius 1 is 1.00 bits per heavy atom. The van der Waals surface area contributed by atoms with E-state index in [1.165, 1.54) is 12.1 Å². The highest BCUT2D eigenvalue weighted by Crippen LogP contribution is 2.11. The van der Waals surface area contributed by atoms with E-state index in [1.807, 2.05) is 0 Å². The molecule has 1 heterocycles. The molecule has 0 saturated carbocycles. The predicted molar refractivity (Wildman–Crippen MR) is 54.0 cm³/mol. The average Bonchev–Trinajstić information content (AvgIpc) is 2.32. The quantitative estimate of drug-likeness (QED) is 0.574. The van der Waals surface area contributed by atoms with Crippen LogP contribution in [0.1, 0.15) is 16.1 Å². The molecule has 0 saturated heterocycles. The Hall–Kier alpha value is -2.10. The van der Waals surface area contributed by atoms with Gasteiger partial charge in [-0.1, -0.05) is 30.3 Å². The van der Waals surface area contributed by atoms with Gasteiger partial charge in [0.25, 0.3) is 0 Å². The fourth-order valence-corrected chi connectivity index (χ4v) is 1.30. The van der Waals surface area contributed by atoms with Crippen molar-refractivity contribution in [3.05, 3.63) is 65.5 Å². The molecule has 0 radical (unpaired) electrons. The summed E-state index contributed by atoms with van der Waals surface area (Å²) < 4.78 is 26.0. The van der Waals surface area contributed by atoms with Crippen molar-refractivity contribution in [3.8, 4) is 0 Å². The molecule has 0 aliphatic heterocycles. The van der Waals surface area contributed by atoms with E-state index < -0.39 is 23.2 Å². The van der Waals surface area contributed by atoms with Gasteiger partial charge in [-0.25, -0.2) is 9.37 Å². The van der Waals surface area contributed by atoms with Crippen LogP contribution in [0, 0.1) is 11.8 Å². The molecule has 0 amide bonds. The largest absolute Gasteiger partial charge is 0.287 e. The molecule has 0 aliphatic rings. The molecule has 2 aromatic rings. The van der Waals surface area contributed by atoms with Gasteiger partial charge in [0.15, 0.2) is 5.82 Å². The lowest BCUT2D eigenvalue weighted by Gasteiger charge is -2.01. The standard InChI is InChI=1S/C12H7F2NO/c13-9-6-7-10(14)15-11(9)12(16)8-4-2-1-3-5-8/h1-7H. The van der Waals surface area contributed by atoms with Crippen LogP contribution in [0.25, 0.3) is 0 Å². The zero-order chi connectivity index (χ0) is 11.5. The van der Waals surface area contributed by atoms with Gasteiger partial charge in [0.1, 0.15) is 5.69 Å². The molecule has 0 N–H and O–H groups in total. The average molecular weight is 219 g/mol. The lowest BCUT2D eigenvalue weighted by molar-refractivity contribution is 0.102. The topological polar surface area (TPSA) is 30.0 Å². The number of hydrogen-bond acceptors (Lipinski definition) is 2. The summed E-state index contributed by atoms with van der Waals surface area (Å²) in [5.74, 6) is -2.33. The molecule has 1 aromatic heterocycles. The molecule has 16 heavy (non-hydrogen) atoms. The first kappa shape index (κ1) is 10.4. The van der Waals surface area contributed by atoms with Crippen molar-refractivity contribution in [2.45, 2.75) is 0 Å². The maximum Gasteiger partial charge on any atom is 0.214 e. The number of ketones is 1. The summed E-state index contributed by atoms with van der Waals surface area (Å²) in [5.41, 5.74) is -0.217. The zero-order valence-corrected chi connectivity index (χ0v) is 8.15. The third-order valence-corrected chi connectivity index (χ3v) is 2.06. The highest BCUT2D eigenvalue weighted by molar-refractivity contribution is 6.07. The molecule has 2 nitrogen and oxygen atoms in total. The monoisotopic (exact) mass is 219 g/mol. The first-order chi connectivity index (χ1) is 7.68. The van der Waals surface area contributed by atoms with Gasteiger partial charge < -0.3 is 0 Å². The fourth-order valence-electron chi connectivity index (χ4n) is 1.30. The lowest BCUT2D eigenvalue weighted by Crippen LogP contribution is -2.08. The maximum absolute atomic E-state index is 13.3. The smallest absolute Gasteiger partial charge is 0.214 e. The molecule has 0 unspecified atom stereocenters. The maximum atomic E-state index is 13.3. The summed E-state index contributed by atoms with van der Waals surface area (Å²) in [6.07, 6.45) is 0. The van der Waals surface area contributed by atoms with E-state index in [-0.39, 0.29) is 5.56 Å². The third-order valence-electron chi connectivity index (χ3n) is 2.06. The molecule has 0 bridgehead atoms. The van der Waals surface area contributed by atoms with Gasteiger partial charge >= 0.3 is 0 Å². The van der Waals surface area contributed by atoms with Crippen molar-refractivity contribution in [1.29, 1.82) is 0 Å². The van der Waals surface area contributed by atoms with Crippen molar-refractivity contribution in [1.82, 2.24) is 4.98 Å². The predicted octanol–water partition coefficient (Wildman–Crippen LogP) is 2.59. The molecule has 0 aliphatic carbocycles. The van der Waals surface area contributed by atoms with Crippen molar-refractivity contribution < 1.29 is 13.6 Å². The third kappa shape index (κ3) is 1.95. The SMILES string of the molecule is O=C(c1ccccc1)c1nc(F)ccc1F. The minimum atomic E-state index is -0.874. The lowest BCUT2D eigenvalue weighted by atomic mass is 10.1. The number of carbonyl (C=O) groups excluding carboxylic acids is 1. The van der Waals surface area contributed by atoms with E-state index in [2.05, 4.69) is 4.98 Å². The summed E-state index contributed by atoms with van der Waals surface area (Å²) in [6, 6.07) is 9.82. The number of nitrogens with zero attached hydrogens (tertiary/aromatic N) is 1. The van der Waals surface area contributed by atoms with Crippen LogP contribution in [0.4, 0.5) is 8.78 Å². The van der Waals surface area contributed by atoms with E-state index in [0.717, 1.165) is 12.1 Å². The Labute approximate surface area is 90.6 Å². The van der Waals surface area contributed by atoms with Crippen LogP contribution in [0.15, 0.2) is 42.5 Å². The second kappa shape index (κ2) is 4.18. The Kier molecular flexibility index (Phi) is 2.72. The van der Waals surface area contributed by atoms with Crippen LogP contribution < -0.4 is 0 Å². The van der Waals surface area contributed by atoms with Gasteiger partial charge in [0, 0.05) is 5.56 Å². The first-order valence-electron chi connectivity index (χ1n) is 4.60. The molecule has 0 fully saturated rings. The molecule has 0 atom stereocenters. The summed E-state index contributed by atoms with van der Waals surface area (Å²) in [7, 11) is 0. The van der Waals surface area contributed by atoms with Gasteiger partial charge in [-0.2, -0.15) is 4.39 Å². The van der Waals surface area contributed by atoms with E-state index in [9.17, 15) is 13.6 Å². The first-order valence-corrected chi connectivity index (χ1v) is 4.60. The molecular weight excluding hydrogens is 212 g/mol. The molecule has 4 heteroatoms. The van der Waals surface area contributed by atoms with Gasteiger partial charge in [0.2, 0.25) is 11.7 Å². The summed E-state index contributed by atoms with van der Waals surface area (Å²) in [5, 5.41) is 0. The number of benzene rings is 1. The van der Waals surface area contributed by atoms with Gasteiger partial charge in [-0.3, -0.25) is 4.79 Å². The molecule has 2 rings (SSSR count). The Balaban J connectivity index is 2.46. The van der Waals surface area contributed by atoms with Crippen LogP contribution in [0.5, 0.6) is 0 Å². The van der Waals surface area contributed by atoms with Gasteiger partial charge in [-0.15, -0.1) is 0 Å². The second-order valence-electron chi connectivity index (χ2n) is 3.16. The highest BCUT2D eigenvalue weighted by atomic mass is 19.1. The van der Waals surface area contributed by atoms with E-state index in [0.29, 0.717) is 0 Å². The summed E-state index contributed by atoms with van der Waals surface area (Å²) >= 11 is 0. The number of carbonyl (C=O) groups is 1. The zero-order valence-electron chi connectivity index (χ0n) is 8.15. The van der Waals surface area contributed by atoms with Crippen molar-refractivity contribution in [2.75, 3.05) is 0 Å². The van der Waals surface area contributed by atoms with E-state index in [1.54, 1.807) is 18.2 Å². The normalized spacial score (nSPS) is 10.1. The Bertz CT molecular complexity index is 526. The van der Waals surface area contributed by atoms with Crippen LogP contribution in [-0.4, -0.2) is 10.8 Å². The Morgan fingerprint density at radius 3 is 2.38 bits per heavy atom. The van der Waals surface area contributed by atoms with E-state index >= 15 is 0 Å². The van der Waals surface area contributed by atoms with E-state index in [4.69, 9.17) is 0 Å². The van der Waals surface area contributed by atoms with Gasteiger partial charge in [-0.05, 0) is 12.1 Å². The van der Waals surface area contributed by atoms with Gasteiger partial charge in [0.05, 0.1) is 0 Å². The Morgan fingerprint density at radius 2 is 1.69 bits per heavy atom. The number of rotatable bonds is 2. The summed E-state index contributed by atoms with van der Waals surface area (Å²) in [6.45, 7) is 0. The van der Waals surface area contributed by atoms with Crippen molar-refractivity contribution in [2.24, 2.45) is 0 Å². The van der Waals surface area contributed by atoms with Crippen molar-refractivity contribution >= 4 is 5.78 Å². The molecular formula is C12H7F2NO. The molecule has 80 valence electrons. The number of hydrogen-bond donors (Lipinski definition) is 0. The minimum absolute atomic E-state index is 0.277. The fraction of sp³-hybridized carbons (Fsp3) is 0. The number of pyridine rings is 1. The minimum Gasteiger partial charge on any atom is -0.287 e. The number of halogens is 2. The molecule has 1 aromatic carbocycles. The highest BCUT2D eigenvalue weighted by Gasteiger charge is 2.16. The van der Waals surface area contributed by atoms with Crippen LogP contribution in [-0.2, 0) is 0 Å². The summed E-state index contributed by atoms with van der Waals surface area (Å²) in [4.78, 5) is 15.0.